The van der Waals surface area contributed by atoms with E-state index in [9.17, 15) is 39.0 Å². The van der Waals surface area contributed by atoms with Gasteiger partial charge in [0.05, 0.1) is 30.2 Å². The van der Waals surface area contributed by atoms with Crippen LogP contribution in [-0.2, 0) is 43.0 Å². The van der Waals surface area contributed by atoms with Gasteiger partial charge in [-0.2, -0.15) is 0 Å². The number of amides is 3. The third kappa shape index (κ3) is 8.50. The Morgan fingerprint density at radius 3 is 2.41 bits per heavy atom. The number of halogens is 1. The zero-order chi connectivity index (χ0) is 46.0. The molecule has 15 nitrogen and oxygen atoms in total. The van der Waals surface area contributed by atoms with Gasteiger partial charge in [0, 0.05) is 34.8 Å². The number of fused-ring (bicyclic) bond motifs is 7. The molecular weight excluding hydrogens is 890 g/mol. The molecular formula is C48H62BrN3O12. The highest BCUT2D eigenvalue weighted by Gasteiger charge is 2.76. The summed E-state index contributed by atoms with van der Waals surface area (Å²) in [6, 6.07) is 6.38. The van der Waals surface area contributed by atoms with Gasteiger partial charge in [0.15, 0.2) is 23.5 Å². The quantitative estimate of drug-likeness (QED) is 0.131. The van der Waals surface area contributed by atoms with Gasteiger partial charge < -0.3 is 45.1 Å². The van der Waals surface area contributed by atoms with Crippen molar-refractivity contribution in [1.29, 1.82) is 0 Å². The molecule has 7 aliphatic rings. The highest BCUT2D eigenvalue weighted by Crippen LogP contribution is 2.70. The van der Waals surface area contributed by atoms with E-state index in [0.717, 1.165) is 44.1 Å². The molecule has 10 atom stereocenters. The monoisotopic (exact) mass is 951 g/mol. The van der Waals surface area contributed by atoms with E-state index in [1.54, 1.807) is 32.9 Å². The van der Waals surface area contributed by atoms with Crippen LogP contribution in [0, 0.1) is 34.0 Å². The summed E-state index contributed by atoms with van der Waals surface area (Å²) in [6.45, 7) is 8.39. The molecule has 16 heteroatoms. The number of aliphatic hydroxyl groups is 2. The highest BCUT2D eigenvalue weighted by molar-refractivity contribution is 9.09. The summed E-state index contributed by atoms with van der Waals surface area (Å²) in [5.41, 5.74) is -1.57. The normalized spacial score (nSPS) is 37.3. The molecule has 0 radical (unpaired) electrons. The van der Waals surface area contributed by atoms with Crippen molar-refractivity contribution in [3.05, 3.63) is 53.6 Å². The average molecular weight is 953 g/mol. The van der Waals surface area contributed by atoms with Crippen molar-refractivity contribution in [3.8, 4) is 5.75 Å². The first-order chi connectivity index (χ1) is 30.2. The topological polar surface area (TPSA) is 216 Å². The lowest BCUT2D eigenvalue weighted by Gasteiger charge is -2.59. The minimum Gasteiger partial charge on any atom is -0.490 e. The van der Waals surface area contributed by atoms with E-state index in [0.29, 0.717) is 24.2 Å². The van der Waals surface area contributed by atoms with Crippen molar-refractivity contribution in [2.75, 3.05) is 18.5 Å². The summed E-state index contributed by atoms with van der Waals surface area (Å²) in [4.78, 5) is 76.2. The Balaban J connectivity index is 0.844. The molecule has 8 rings (SSSR count). The number of alkyl halides is 1. The highest BCUT2D eigenvalue weighted by atomic mass is 79.9. The molecule has 5 N–H and O–H groups in total. The van der Waals surface area contributed by atoms with Crippen LogP contribution in [0.1, 0.15) is 111 Å². The zero-order valence-corrected chi connectivity index (χ0v) is 38.9. The Morgan fingerprint density at radius 1 is 1.02 bits per heavy atom. The fourth-order valence-electron chi connectivity index (χ4n) is 12.8. The number of aliphatic hydroxyl groups excluding tert-OH is 2. The number of benzene rings is 1. The number of Topliss-reactive ketones (excluding diaryl/α,β-unsaturated/α-hetero) is 1. The first kappa shape index (κ1) is 46.6. The van der Waals surface area contributed by atoms with Gasteiger partial charge in [-0.3, -0.25) is 28.8 Å². The zero-order valence-electron chi connectivity index (χ0n) is 37.3. The number of allylic oxidation sites excluding steroid dienone is 4. The maximum absolute atomic E-state index is 13.9. The van der Waals surface area contributed by atoms with Gasteiger partial charge in [0.1, 0.15) is 24.0 Å². The molecule has 64 heavy (non-hydrogen) atoms. The van der Waals surface area contributed by atoms with Crippen LogP contribution in [0.4, 0.5) is 0 Å². The molecule has 6 aliphatic carbocycles. The van der Waals surface area contributed by atoms with Gasteiger partial charge in [0.25, 0.3) is 0 Å². The Hall–Kier alpha value is -3.96. The summed E-state index contributed by atoms with van der Waals surface area (Å²) in [7, 11) is 0. The lowest BCUT2D eigenvalue weighted by atomic mass is 9.46. The van der Waals surface area contributed by atoms with E-state index in [1.165, 1.54) is 0 Å². The molecule has 1 aromatic rings. The molecule has 5 saturated carbocycles. The van der Waals surface area contributed by atoms with Crippen molar-refractivity contribution in [2.24, 2.45) is 34.0 Å². The van der Waals surface area contributed by atoms with Gasteiger partial charge in [0.2, 0.25) is 17.7 Å². The van der Waals surface area contributed by atoms with Crippen molar-refractivity contribution in [2.45, 2.75) is 147 Å². The van der Waals surface area contributed by atoms with Crippen molar-refractivity contribution >= 4 is 51.2 Å². The van der Waals surface area contributed by atoms with Gasteiger partial charge in [-0.05, 0) is 120 Å². The van der Waals surface area contributed by atoms with Gasteiger partial charge >= 0.3 is 5.97 Å². The molecule has 0 aromatic heterocycles. The Kier molecular flexibility index (Phi) is 12.6. The Morgan fingerprint density at radius 2 is 1.73 bits per heavy atom. The largest absolute Gasteiger partial charge is 0.490 e. The standard InChI is InChI=1S/C48H62BrN3O12/c1-44(2,3)63-40(59)13-12-34(52-39(58)24-50-38(57)23-49)42(60)51-28-18-47(19-28)20-31(21-47)61-30-9-6-26(7-10-30)43-62-37-17-33-32-11-8-27-16-29(54)14-15-45(27,4)41(32)35(55)22-46(33,5)48(37,64-43)36(56)25-53/h6-7,9-10,14-16,28,31-35,37,41,43,53,55H,8,11-13,17-25H2,1-5H3,(H,50,57)(H,51,60)(H,52,58)/t28?,31?,32-,33-,34-,35-,37+,41+,43+,45-,46-,47?,48+/m0/s1. The number of ketones is 2. The van der Waals surface area contributed by atoms with Crippen LogP contribution >= 0.6 is 15.9 Å². The molecule has 0 unspecified atom stereocenters. The molecule has 1 heterocycles. The average Bonchev–Trinajstić information content (AvgIpc) is 3.71. The van der Waals surface area contributed by atoms with Crippen LogP contribution < -0.4 is 20.7 Å². The summed E-state index contributed by atoms with van der Waals surface area (Å²) in [6.07, 6.45) is 8.56. The first-order valence-electron chi connectivity index (χ1n) is 22.7. The summed E-state index contributed by atoms with van der Waals surface area (Å²) in [5.74, 6) is -1.63. The third-order valence-corrected chi connectivity index (χ3v) is 16.1. The second-order valence-corrected chi connectivity index (χ2v) is 21.4. The second-order valence-electron chi connectivity index (χ2n) is 20.8. The Labute approximate surface area is 382 Å². The van der Waals surface area contributed by atoms with Crippen LogP contribution in [0.5, 0.6) is 5.75 Å². The van der Waals surface area contributed by atoms with Crippen LogP contribution in [0.25, 0.3) is 0 Å². The fraction of sp³-hybridized carbons (Fsp3) is 0.667. The van der Waals surface area contributed by atoms with Crippen LogP contribution in [0.15, 0.2) is 48.1 Å². The molecule has 348 valence electrons. The van der Waals surface area contributed by atoms with Crippen molar-refractivity contribution < 1.29 is 57.9 Å². The number of hydrogen-bond acceptors (Lipinski definition) is 12. The third-order valence-electron chi connectivity index (χ3n) is 15.6. The van der Waals surface area contributed by atoms with E-state index in [2.05, 4.69) is 38.8 Å². The molecule has 3 amide bonds. The molecule has 1 spiro atoms. The van der Waals surface area contributed by atoms with E-state index in [4.69, 9.17) is 18.9 Å². The summed E-state index contributed by atoms with van der Waals surface area (Å²) in [5, 5.41) is 30.5. The van der Waals surface area contributed by atoms with Crippen molar-refractivity contribution in [3.63, 3.8) is 0 Å². The maximum atomic E-state index is 13.9. The lowest BCUT2D eigenvalue weighted by molar-refractivity contribution is -0.201. The summed E-state index contributed by atoms with van der Waals surface area (Å²) >= 11 is 3.04. The smallest absolute Gasteiger partial charge is 0.306 e. The number of hydrogen-bond donors (Lipinski definition) is 5. The van der Waals surface area contributed by atoms with Crippen molar-refractivity contribution in [1.82, 2.24) is 16.0 Å². The van der Waals surface area contributed by atoms with E-state index in [-0.39, 0.29) is 71.7 Å². The second kappa shape index (κ2) is 17.4. The molecule has 1 saturated heterocycles. The number of carbonyl (C=O) groups excluding carboxylic acids is 6. The molecule has 0 bridgehead atoms. The van der Waals surface area contributed by atoms with E-state index < -0.39 is 76.7 Å². The van der Waals surface area contributed by atoms with E-state index in [1.807, 2.05) is 37.3 Å². The Bertz CT molecular complexity index is 2100. The number of ether oxygens (including phenoxy) is 4. The van der Waals surface area contributed by atoms with Gasteiger partial charge in [-0.15, -0.1) is 0 Å². The predicted octanol–water partition coefficient (Wildman–Crippen LogP) is 4.21. The number of esters is 1. The van der Waals surface area contributed by atoms with Gasteiger partial charge in [-0.1, -0.05) is 53.6 Å². The fourth-order valence-corrected chi connectivity index (χ4v) is 13.0. The van der Waals surface area contributed by atoms with Crippen LogP contribution in [-0.4, -0.2) is 106 Å². The van der Waals surface area contributed by atoms with Gasteiger partial charge in [-0.25, -0.2) is 0 Å². The number of carbonyl (C=O) groups is 6. The molecule has 1 aliphatic heterocycles. The number of nitrogens with one attached hydrogen (secondary N) is 3. The molecule has 1 aromatic carbocycles. The summed E-state index contributed by atoms with van der Waals surface area (Å²) < 4.78 is 25.1. The SMILES string of the molecule is CC(C)(C)OC(=O)CC[C@H](NC(=O)CNC(=O)CBr)C(=O)NC1CC2(C1)CC(Oc1ccc([C@@H]3O[C@@H]4C[C@H]5[C@@H]6CCC7=CC(=O)C=C[C@]7(C)[C@H]6[C@@H](O)C[C@]5(C)[C@]4(C(=O)CO)O3)cc1)C2. The maximum Gasteiger partial charge on any atom is 0.306 e. The van der Waals surface area contributed by atoms with Crippen LogP contribution in [0.2, 0.25) is 0 Å². The predicted molar refractivity (Wildman–Crippen MR) is 234 cm³/mol. The van der Waals surface area contributed by atoms with Crippen LogP contribution in [0.3, 0.4) is 0 Å². The molecule has 6 fully saturated rings. The minimum atomic E-state index is -1.44. The first-order valence-corrected chi connectivity index (χ1v) is 23.8. The minimum absolute atomic E-state index is 0.00143. The number of rotatable bonds is 14. The van der Waals surface area contributed by atoms with E-state index >= 15 is 0 Å². The lowest BCUT2D eigenvalue weighted by Crippen LogP contribution is -2.63.